The number of nitrogen functional groups attached to an aromatic ring is 1. The first-order chi connectivity index (χ1) is 8.46. The molecule has 18 heavy (non-hydrogen) atoms. The average molecular weight is 270 g/mol. The summed E-state index contributed by atoms with van der Waals surface area (Å²) in [5, 5.41) is 11.5. The number of sulfone groups is 1. The summed E-state index contributed by atoms with van der Waals surface area (Å²) in [6.45, 7) is 3.33. The lowest BCUT2D eigenvalue weighted by Crippen LogP contribution is -2.31. The van der Waals surface area contributed by atoms with Gasteiger partial charge in [-0.3, -0.25) is 0 Å². The Balaban J connectivity index is 3.21. The van der Waals surface area contributed by atoms with Crippen LogP contribution in [0.5, 0.6) is 0 Å². The molecule has 0 aliphatic carbocycles. The maximum Gasteiger partial charge on any atom is 0.158 e. The highest BCUT2D eigenvalue weighted by Crippen LogP contribution is 2.17. The molecule has 1 aromatic carbocycles. The molecule has 100 valence electrons. The number of benzene rings is 1. The van der Waals surface area contributed by atoms with Crippen molar-refractivity contribution in [2.75, 3.05) is 11.5 Å². The molecule has 3 N–H and O–H groups in total. The van der Waals surface area contributed by atoms with E-state index in [0.717, 1.165) is 0 Å². The zero-order chi connectivity index (χ0) is 13.8. The minimum Gasteiger partial charge on any atom is -0.411 e. The third-order valence-electron chi connectivity index (χ3n) is 2.83. The van der Waals surface area contributed by atoms with Gasteiger partial charge in [0.25, 0.3) is 0 Å². The van der Waals surface area contributed by atoms with Gasteiger partial charge in [-0.1, -0.05) is 31.1 Å². The Morgan fingerprint density at radius 3 is 2.28 bits per heavy atom. The highest BCUT2D eigenvalue weighted by Gasteiger charge is 2.28. The van der Waals surface area contributed by atoms with Crippen molar-refractivity contribution < 1.29 is 13.6 Å². The summed E-state index contributed by atoms with van der Waals surface area (Å²) in [6, 6.07) is 6.59. The van der Waals surface area contributed by atoms with E-state index in [9.17, 15) is 8.42 Å². The molecule has 0 aliphatic heterocycles. The molecular formula is C12H18N2O3S. The molecule has 0 radical (unpaired) electrons. The number of rotatable bonds is 5. The molecule has 6 heteroatoms. The van der Waals surface area contributed by atoms with Crippen molar-refractivity contribution in [1.29, 1.82) is 0 Å². The molecule has 5 nitrogen and oxygen atoms in total. The largest absolute Gasteiger partial charge is 0.411 e. The van der Waals surface area contributed by atoms with E-state index in [2.05, 4.69) is 5.16 Å². The van der Waals surface area contributed by atoms with E-state index in [-0.39, 0.29) is 11.5 Å². The van der Waals surface area contributed by atoms with Crippen LogP contribution >= 0.6 is 0 Å². The molecule has 0 fully saturated rings. The fourth-order valence-corrected chi connectivity index (χ4v) is 3.21. The van der Waals surface area contributed by atoms with Crippen molar-refractivity contribution in [3.8, 4) is 0 Å². The maximum atomic E-state index is 12.0. The Kier molecular flexibility index (Phi) is 4.72. The van der Waals surface area contributed by atoms with Gasteiger partial charge in [0, 0.05) is 17.0 Å². The van der Waals surface area contributed by atoms with Crippen molar-refractivity contribution in [2.45, 2.75) is 25.5 Å². The summed E-state index contributed by atoms with van der Waals surface area (Å²) in [5.74, 6) is 0.0134. The number of nitrogens with zero attached hydrogens (tertiary/aromatic N) is 1. The topological polar surface area (TPSA) is 92.8 Å². The molecule has 0 heterocycles. The molecule has 0 spiro atoms. The van der Waals surface area contributed by atoms with Crippen LogP contribution in [0.25, 0.3) is 0 Å². The highest BCUT2D eigenvalue weighted by molar-refractivity contribution is 7.92. The molecule has 0 amide bonds. The molecule has 0 saturated heterocycles. The molecule has 0 unspecified atom stereocenters. The highest BCUT2D eigenvalue weighted by atomic mass is 32.2. The number of hydrogen-bond donors (Lipinski definition) is 2. The minimum absolute atomic E-state index is 0.0134. The fourth-order valence-electron chi connectivity index (χ4n) is 1.78. The first-order valence-electron chi connectivity index (χ1n) is 5.75. The van der Waals surface area contributed by atoms with Crippen LogP contribution in [-0.2, 0) is 9.84 Å². The second-order valence-corrected chi connectivity index (χ2v) is 6.43. The second kappa shape index (κ2) is 5.86. The van der Waals surface area contributed by atoms with E-state index in [0.29, 0.717) is 17.7 Å². The number of oxime groups is 1. The van der Waals surface area contributed by atoms with E-state index in [4.69, 9.17) is 10.9 Å². The molecule has 0 bridgehead atoms. The standard InChI is InChI=1S/C12H18N2O3S/c1-3-11(18(16,17)4-2)12(14-15)9-5-7-10(13)8-6-9/h5-8,11,15H,3-4,13H2,1-2H3/b14-12-/t11-/m1/s1. The Hall–Kier alpha value is -1.56. The molecule has 0 saturated carbocycles. The van der Waals surface area contributed by atoms with Crippen LogP contribution in [0.1, 0.15) is 25.8 Å². The maximum absolute atomic E-state index is 12.0. The van der Waals surface area contributed by atoms with Gasteiger partial charge >= 0.3 is 0 Å². The van der Waals surface area contributed by atoms with Gasteiger partial charge < -0.3 is 10.9 Å². The predicted octanol–water partition coefficient (Wildman–Crippen LogP) is 1.66. The molecular weight excluding hydrogens is 252 g/mol. The third kappa shape index (κ3) is 3.01. The summed E-state index contributed by atoms with van der Waals surface area (Å²) in [4.78, 5) is 0. The molecule has 1 aromatic rings. The second-order valence-electron chi connectivity index (χ2n) is 3.96. The zero-order valence-electron chi connectivity index (χ0n) is 10.5. The number of hydrogen-bond acceptors (Lipinski definition) is 5. The predicted molar refractivity (Wildman–Crippen MR) is 72.7 cm³/mol. The molecule has 1 rings (SSSR count). The smallest absolute Gasteiger partial charge is 0.158 e. The normalized spacial score (nSPS) is 14.4. The lowest BCUT2D eigenvalue weighted by atomic mass is 10.1. The lowest BCUT2D eigenvalue weighted by Gasteiger charge is -2.16. The summed E-state index contributed by atoms with van der Waals surface area (Å²) in [6.07, 6.45) is 0.361. The van der Waals surface area contributed by atoms with E-state index in [1.165, 1.54) is 0 Å². The minimum atomic E-state index is -3.30. The van der Waals surface area contributed by atoms with E-state index in [1.807, 2.05) is 0 Å². The summed E-state index contributed by atoms with van der Waals surface area (Å²) in [5.41, 5.74) is 6.87. The van der Waals surface area contributed by atoms with E-state index in [1.54, 1.807) is 38.1 Å². The first kappa shape index (κ1) is 14.5. The monoisotopic (exact) mass is 270 g/mol. The Bertz CT molecular complexity index is 521. The molecule has 1 atom stereocenters. The van der Waals surface area contributed by atoms with Crippen LogP contribution in [0.3, 0.4) is 0 Å². The molecule has 0 aromatic heterocycles. The average Bonchev–Trinajstić information content (AvgIpc) is 2.36. The lowest BCUT2D eigenvalue weighted by molar-refractivity contribution is 0.318. The first-order valence-corrected chi connectivity index (χ1v) is 7.47. The van der Waals surface area contributed by atoms with Gasteiger partial charge in [-0.15, -0.1) is 0 Å². The van der Waals surface area contributed by atoms with E-state index < -0.39 is 15.1 Å². The van der Waals surface area contributed by atoms with Crippen LogP contribution < -0.4 is 5.73 Å². The summed E-state index contributed by atoms with van der Waals surface area (Å²) >= 11 is 0. The van der Waals surface area contributed by atoms with Crippen molar-refractivity contribution in [1.82, 2.24) is 0 Å². The quantitative estimate of drug-likeness (QED) is 0.368. The zero-order valence-corrected chi connectivity index (χ0v) is 11.3. The van der Waals surface area contributed by atoms with Crippen molar-refractivity contribution >= 4 is 21.2 Å². The van der Waals surface area contributed by atoms with Gasteiger partial charge in [-0.05, 0) is 18.6 Å². The van der Waals surface area contributed by atoms with Gasteiger partial charge in [0.15, 0.2) is 9.84 Å². The van der Waals surface area contributed by atoms with Crippen molar-refractivity contribution in [3.05, 3.63) is 29.8 Å². The SMILES string of the molecule is CC[C@H](/C(=N\O)c1ccc(N)cc1)S(=O)(=O)CC. The third-order valence-corrected chi connectivity index (χ3v) is 5.05. The molecule has 0 aliphatic rings. The van der Waals surface area contributed by atoms with Crippen LogP contribution in [0.4, 0.5) is 5.69 Å². The van der Waals surface area contributed by atoms with E-state index >= 15 is 0 Å². The van der Waals surface area contributed by atoms with Gasteiger partial charge in [-0.2, -0.15) is 0 Å². The van der Waals surface area contributed by atoms with Crippen LogP contribution in [0, 0.1) is 0 Å². The van der Waals surface area contributed by atoms with Gasteiger partial charge in [0.05, 0.1) is 0 Å². The van der Waals surface area contributed by atoms with Crippen molar-refractivity contribution in [2.24, 2.45) is 5.16 Å². The Morgan fingerprint density at radius 2 is 1.89 bits per heavy atom. The van der Waals surface area contributed by atoms with Crippen LogP contribution in [0.15, 0.2) is 29.4 Å². The van der Waals surface area contributed by atoms with Gasteiger partial charge in [0.1, 0.15) is 11.0 Å². The van der Waals surface area contributed by atoms with Crippen LogP contribution in [-0.4, -0.2) is 30.3 Å². The number of nitrogens with two attached hydrogens (primary N) is 1. The summed E-state index contributed by atoms with van der Waals surface area (Å²) < 4.78 is 23.9. The van der Waals surface area contributed by atoms with Gasteiger partial charge in [-0.25, -0.2) is 8.42 Å². The van der Waals surface area contributed by atoms with Crippen LogP contribution in [0.2, 0.25) is 0 Å². The Labute approximate surface area is 107 Å². The summed E-state index contributed by atoms with van der Waals surface area (Å²) in [7, 11) is -3.30. The Morgan fingerprint density at radius 1 is 1.33 bits per heavy atom. The van der Waals surface area contributed by atoms with Crippen molar-refractivity contribution in [3.63, 3.8) is 0 Å². The number of anilines is 1. The fraction of sp³-hybridized carbons (Fsp3) is 0.417. The van der Waals surface area contributed by atoms with Gasteiger partial charge in [0.2, 0.25) is 0 Å².